The number of hydrogen-bond acceptors (Lipinski definition) is 5. The Morgan fingerprint density at radius 1 is 1.43 bits per heavy atom. The average molecular weight is 339 g/mol. The van der Waals surface area contributed by atoms with Crippen LogP contribution in [0.1, 0.15) is 30.6 Å². The monoisotopic (exact) mass is 339 g/mol. The molecule has 2 aliphatic rings. The lowest BCUT2D eigenvalue weighted by Gasteiger charge is -2.38. The van der Waals surface area contributed by atoms with E-state index in [1.54, 1.807) is 13.3 Å². The standard InChI is InChI=1S/C16H25N3O3S/c1-21-11-14-9-17-15(23-14)18-16(20)19-6-2-3-13(10-19)12-4-7-22-8-5-12/h9,12-13H,2-8,10-11H2,1H3,(H,17,18,20). The van der Waals surface area contributed by atoms with Crippen molar-refractivity contribution in [3.05, 3.63) is 11.1 Å². The molecule has 7 heteroatoms. The molecule has 2 fully saturated rings. The quantitative estimate of drug-likeness (QED) is 0.916. The molecule has 1 unspecified atom stereocenters. The van der Waals surface area contributed by atoms with Crippen LogP contribution in [0.15, 0.2) is 6.20 Å². The highest BCUT2D eigenvalue weighted by molar-refractivity contribution is 7.15. The number of ether oxygens (including phenoxy) is 2. The number of hydrogen-bond donors (Lipinski definition) is 1. The molecule has 0 aromatic carbocycles. The number of urea groups is 1. The Morgan fingerprint density at radius 3 is 3.04 bits per heavy atom. The second-order valence-corrected chi connectivity index (χ2v) is 7.41. The van der Waals surface area contributed by atoms with Gasteiger partial charge in [0.1, 0.15) is 0 Å². The van der Waals surface area contributed by atoms with Gasteiger partial charge in [0.25, 0.3) is 0 Å². The van der Waals surface area contributed by atoms with E-state index in [1.807, 2.05) is 4.90 Å². The topological polar surface area (TPSA) is 63.7 Å². The lowest BCUT2D eigenvalue weighted by atomic mass is 9.81. The number of amides is 2. The van der Waals surface area contributed by atoms with E-state index >= 15 is 0 Å². The van der Waals surface area contributed by atoms with Crippen molar-refractivity contribution in [1.82, 2.24) is 9.88 Å². The summed E-state index contributed by atoms with van der Waals surface area (Å²) in [4.78, 5) is 19.7. The van der Waals surface area contributed by atoms with Gasteiger partial charge in [0, 0.05) is 39.6 Å². The summed E-state index contributed by atoms with van der Waals surface area (Å²) in [5.74, 6) is 1.31. The molecule has 1 aromatic rings. The van der Waals surface area contributed by atoms with Gasteiger partial charge in [0.2, 0.25) is 0 Å². The van der Waals surface area contributed by atoms with Crippen molar-refractivity contribution >= 4 is 22.5 Å². The van der Waals surface area contributed by atoms with Crippen molar-refractivity contribution < 1.29 is 14.3 Å². The van der Waals surface area contributed by atoms with Crippen LogP contribution in [0.5, 0.6) is 0 Å². The molecular weight excluding hydrogens is 314 g/mol. The summed E-state index contributed by atoms with van der Waals surface area (Å²) in [5.41, 5.74) is 0. The van der Waals surface area contributed by atoms with Crippen LogP contribution in [0.2, 0.25) is 0 Å². The van der Waals surface area contributed by atoms with Crippen molar-refractivity contribution in [1.29, 1.82) is 0 Å². The van der Waals surface area contributed by atoms with Crippen molar-refractivity contribution in [3.63, 3.8) is 0 Å². The summed E-state index contributed by atoms with van der Waals surface area (Å²) in [6, 6.07) is -0.0277. The third-order valence-corrected chi connectivity index (χ3v) is 5.62. The van der Waals surface area contributed by atoms with Crippen LogP contribution in [0.25, 0.3) is 0 Å². The van der Waals surface area contributed by atoms with Gasteiger partial charge >= 0.3 is 6.03 Å². The third-order valence-electron chi connectivity index (χ3n) is 4.73. The molecule has 0 bridgehead atoms. The van der Waals surface area contributed by atoms with E-state index in [-0.39, 0.29) is 6.03 Å². The minimum absolute atomic E-state index is 0.0277. The molecule has 1 atom stereocenters. The fraction of sp³-hybridized carbons (Fsp3) is 0.750. The lowest BCUT2D eigenvalue weighted by Crippen LogP contribution is -2.44. The van der Waals surface area contributed by atoms with E-state index in [2.05, 4.69) is 10.3 Å². The van der Waals surface area contributed by atoms with Gasteiger partial charge in [0.05, 0.1) is 11.5 Å². The van der Waals surface area contributed by atoms with Crippen molar-refractivity contribution in [2.24, 2.45) is 11.8 Å². The Kier molecular flexibility index (Phi) is 5.85. The van der Waals surface area contributed by atoms with Gasteiger partial charge in [0.15, 0.2) is 5.13 Å². The first-order chi connectivity index (χ1) is 11.3. The van der Waals surface area contributed by atoms with Crippen LogP contribution in [0.3, 0.4) is 0 Å². The number of likely N-dealkylation sites (tertiary alicyclic amines) is 1. The highest BCUT2D eigenvalue weighted by Gasteiger charge is 2.30. The molecule has 1 aromatic heterocycles. The molecule has 2 amide bonds. The number of piperidine rings is 1. The first kappa shape index (κ1) is 16.7. The van der Waals surface area contributed by atoms with Crippen LogP contribution in [0.4, 0.5) is 9.93 Å². The van der Waals surface area contributed by atoms with E-state index < -0.39 is 0 Å². The van der Waals surface area contributed by atoms with E-state index in [1.165, 1.54) is 17.8 Å². The van der Waals surface area contributed by atoms with Crippen LogP contribution in [0, 0.1) is 11.8 Å². The summed E-state index contributed by atoms with van der Waals surface area (Å²) in [6.07, 6.45) is 6.33. The number of carbonyl (C=O) groups excluding carboxylic acids is 1. The minimum Gasteiger partial charge on any atom is -0.381 e. The second-order valence-electron chi connectivity index (χ2n) is 6.29. The van der Waals surface area contributed by atoms with Gasteiger partial charge < -0.3 is 14.4 Å². The van der Waals surface area contributed by atoms with Gasteiger partial charge in [-0.25, -0.2) is 9.78 Å². The van der Waals surface area contributed by atoms with Crippen LogP contribution < -0.4 is 5.32 Å². The van der Waals surface area contributed by atoms with E-state index in [0.717, 1.165) is 50.4 Å². The molecule has 23 heavy (non-hydrogen) atoms. The Morgan fingerprint density at radius 2 is 2.26 bits per heavy atom. The van der Waals surface area contributed by atoms with E-state index in [9.17, 15) is 4.79 Å². The number of aromatic nitrogens is 1. The smallest absolute Gasteiger partial charge is 0.323 e. The molecule has 3 heterocycles. The Hall–Kier alpha value is -1.18. The predicted molar refractivity (Wildman–Crippen MR) is 89.7 cm³/mol. The third kappa shape index (κ3) is 4.43. The molecular formula is C16H25N3O3S. The average Bonchev–Trinajstić information content (AvgIpc) is 3.03. The highest BCUT2D eigenvalue weighted by Crippen LogP contribution is 2.31. The zero-order chi connectivity index (χ0) is 16.1. The molecule has 3 rings (SSSR count). The summed E-state index contributed by atoms with van der Waals surface area (Å²) < 4.78 is 10.5. The first-order valence-electron chi connectivity index (χ1n) is 8.33. The molecule has 6 nitrogen and oxygen atoms in total. The second kappa shape index (κ2) is 8.08. The van der Waals surface area contributed by atoms with Crippen LogP contribution in [-0.4, -0.2) is 49.3 Å². The normalized spacial score (nSPS) is 23.0. The van der Waals surface area contributed by atoms with Gasteiger partial charge in [-0.05, 0) is 37.5 Å². The largest absolute Gasteiger partial charge is 0.381 e. The summed E-state index contributed by atoms with van der Waals surface area (Å²) in [6.45, 7) is 3.96. The Balaban J connectivity index is 1.53. The maximum absolute atomic E-state index is 12.5. The maximum atomic E-state index is 12.5. The molecule has 0 saturated carbocycles. The number of thiazole rings is 1. The predicted octanol–water partition coefficient (Wildman–Crippen LogP) is 2.96. The molecule has 0 spiro atoms. The van der Waals surface area contributed by atoms with Crippen molar-refractivity contribution in [2.45, 2.75) is 32.3 Å². The fourth-order valence-corrected chi connectivity index (χ4v) is 4.29. The Labute approximate surface area is 141 Å². The van der Waals surface area contributed by atoms with Crippen LogP contribution >= 0.6 is 11.3 Å². The highest BCUT2D eigenvalue weighted by atomic mass is 32.1. The fourth-order valence-electron chi connectivity index (χ4n) is 3.51. The number of nitrogens with zero attached hydrogens (tertiary/aromatic N) is 2. The van der Waals surface area contributed by atoms with E-state index in [0.29, 0.717) is 23.6 Å². The van der Waals surface area contributed by atoms with Gasteiger partial charge in [-0.2, -0.15) is 0 Å². The number of carbonyl (C=O) groups is 1. The van der Waals surface area contributed by atoms with Crippen molar-refractivity contribution in [3.8, 4) is 0 Å². The number of nitrogens with one attached hydrogen (secondary N) is 1. The van der Waals surface area contributed by atoms with E-state index in [4.69, 9.17) is 9.47 Å². The summed E-state index contributed by atoms with van der Waals surface area (Å²) >= 11 is 1.47. The van der Waals surface area contributed by atoms with Crippen LogP contribution in [-0.2, 0) is 16.1 Å². The van der Waals surface area contributed by atoms with Gasteiger partial charge in [-0.15, -0.1) is 0 Å². The lowest BCUT2D eigenvalue weighted by molar-refractivity contribution is 0.0322. The maximum Gasteiger partial charge on any atom is 0.323 e. The van der Waals surface area contributed by atoms with Gasteiger partial charge in [-0.3, -0.25) is 5.32 Å². The molecule has 1 N–H and O–H groups in total. The molecule has 0 radical (unpaired) electrons. The minimum atomic E-state index is -0.0277. The molecule has 0 aliphatic carbocycles. The summed E-state index contributed by atoms with van der Waals surface area (Å²) in [5, 5.41) is 3.58. The molecule has 2 saturated heterocycles. The SMILES string of the molecule is COCc1cnc(NC(=O)N2CCCC(C3CCOCC3)C2)s1. The zero-order valence-electron chi connectivity index (χ0n) is 13.6. The number of anilines is 1. The Bertz CT molecular complexity index is 516. The molecule has 128 valence electrons. The summed E-state index contributed by atoms with van der Waals surface area (Å²) in [7, 11) is 1.65. The van der Waals surface area contributed by atoms with Gasteiger partial charge in [-0.1, -0.05) is 11.3 Å². The zero-order valence-corrected chi connectivity index (χ0v) is 14.4. The first-order valence-corrected chi connectivity index (χ1v) is 9.15. The molecule has 2 aliphatic heterocycles. The number of methoxy groups -OCH3 is 1. The number of rotatable bonds is 4. The van der Waals surface area contributed by atoms with Crippen molar-refractivity contribution in [2.75, 3.05) is 38.7 Å².